The van der Waals surface area contributed by atoms with E-state index in [1.807, 2.05) is 0 Å². The second kappa shape index (κ2) is 6.66. The van der Waals surface area contributed by atoms with Crippen LogP contribution in [-0.2, 0) is 6.42 Å². The van der Waals surface area contributed by atoms with Crippen LogP contribution >= 0.6 is 0 Å². The van der Waals surface area contributed by atoms with E-state index in [2.05, 4.69) is 53.2 Å². The van der Waals surface area contributed by atoms with Crippen molar-refractivity contribution in [2.45, 2.75) is 32.6 Å². The fourth-order valence-electron chi connectivity index (χ4n) is 1.80. The van der Waals surface area contributed by atoms with Gasteiger partial charge in [0.05, 0.1) is 11.8 Å². The molecule has 0 spiro atoms. The van der Waals surface area contributed by atoms with E-state index in [-0.39, 0.29) is 0 Å². The van der Waals surface area contributed by atoms with Crippen molar-refractivity contribution in [3.05, 3.63) is 53.3 Å². The highest BCUT2D eigenvalue weighted by molar-refractivity contribution is 5.41. The van der Waals surface area contributed by atoms with Crippen molar-refractivity contribution >= 4 is 0 Å². The molecule has 0 amide bonds. The van der Waals surface area contributed by atoms with Crippen molar-refractivity contribution in [2.24, 2.45) is 0 Å². The van der Waals surface area contributed by atoms with Crippen LogP contribution in [0.1, 0.15) is 42.9 Å². The average molecular weight is 238 g/mol. The monoisotopic (exact) mass is 238 g/mol. The highest BCUT2D eigenvalue weighted by Gasteiger charge is 1.93. The molecule has 0 aliphatic heterocycles. The second-order valence-corrected chi connectivity index (χ2v) is 4.39. The molecular formula is C16H18N2. The first-order chi connectivity index (χ1) is 8.88. The molecule has 0 aliphatic carbocycles. The normalized spacial score (nSPS) is 9.83. The van der Waals surface area contributed by atoms with Gasteiger partial charge in [-0.3, -0.25) is 5.10 Å². The van der Waals surface area contributed by atoms with Crippen LogP contribution in [0.2, 0.25) is 0 Å². The zero-order chi connectivity index (χ0) is 12.6. The predicted octanol–water partition coefficient (Wildman–Crippen LogP) is 3.54. The first-order valence-electron chi connectivity index (χ1n) is 6.48. The van der Waals surface area contributed by atoms with Crippen LogP contribution in [0.15, 0.2) is 36.7 Å². The number of rotatable bonds is 4. The lowest BCUT2D eigenvalue weighted by Gasteiger charge is -2.00. The molecule has 0 atom stereocenters. The van der Waals surface area contributed by atoms with Gasteiger partial charge in [0.1, 0.15) is 0 Å². The summed E-state index contributed by atoms with van der Waals surface area (Å²) in [7, 11) is 0. The molecule has 0 aliphatic rings. The lowest BCUT2D eigenvalue weighted by Crippen LogP contribution is -1.85. The molecule has 0 saturated heterocycles. The molecule has 0 bridgehead atoms. The maximum absolute atomic E-state index is 3.86. The number of aryl methyl sites for hydroxylation is 1. The van der Waals surface area contributed by atoms with Gasteiger partial charge in [0.25, 0.3) is 0 Å². The van der Waals surface area contributed by atoms with Gasteiger partial charge in [-0.1, -0.05) is 43.7 Å². The van der Waals surface area contributed by atoms with Gasteiger partial charge in [-0.15, -0.1) is 0 Å². The summed E-state index contributed by atoms with van der Waals surface area (Å²) in [5.74, 6) is 6.20. The third-order valence-corrected chi connectivity index (χ3v) is 2.87. The summed E-state index contributed by atoms with van der Waals surface area (Å²) in [5.41, 5.74) is 3.37. The van der Waals surface area contributed by atoms with Crippen LogP contribution in [0.5, 0.6) is 0 Å². The van der Waals surface area contributed by atoms with Gasteiger partial charge < -0.3 is 0 Å². The molecule has 1 aromatic heterocycles. The van der Waals surface area contributed by atoms with Gasteiger partial charge in [0.15, 0.2) is 0 Å². The molecule has 1 N–H and O–H groups in total. The summed E-state index contributed by atoms with van der Waals surface area (Å²) in [6, 6.07) is 8.53. The van der Waals surface area contributed by atoms with Crippen LogP contribution < -0.4 is 0 Å². The zero-order valence-corrected chi connectivity index (χ0v) is 10.7. The Bertz CT molecular complexity index is 512. The summed E-state index contributed by atoms with van der Waals surface area (Å²) in [4.78, 5) is 0. The average Bonchev–Trinajstić information content (AvgIpc) is 2.91. The van der Waals surface area contributed by atoms with E-state index in [1.165, 1.54) is 31.2 Å². The number of nitrogens with one attached hydrogen (secondary N) is 1. The Morgan fingerprint density at radius 1 is 1.06 bits per heavy atom. The Morgan fingerprint density at radius 3 is 2.50 bits per heavy atom. The van der Waals surface area contributed by atoms with Gasteiger partial charge in [-0.2, -0.15) is 5.10 Å². The standard InChI is InChI=1S/C16H18N2/c1-2-3-4-5-14-6-8-15(9-7-14)10-11-16-12-17-18-13-16/h6-9,12-13H,2-5H2,1H3,(H,17,18). The number of benzene rings is 1. The summed E-state index contributed by atoms with van der Waals surface area (Å²) in [6.45, 7) is 2.23. The maximum atomic E-state index is 3.86. The molecule has 1 aromatic carbocycles. The summed E-state index contributed by atoms with van der Waals surface area (Å²) < 4.78 is 0. The minimum Gasteiger partial charge on any atom is -0.284 e. The zero-order valence-electron chi connectivity index (χ0n) is 10.7. The van der Waals surface area contributed by atoms with Gasteiger partial charge in [-0.05, 0) is 30.5 Å². The van der Waals surface area contributed by atoms with E-state index in [9.17, 15) is 0 Å². The van der Waals surface area contributed by atoms with Gasteiger partial charge in [0, 0.05) is 11.8 Å². The van der Waals surface area contributed by atoms with Gasteiger partial charge in [0.2, 0.25) is 0 Å². The molecule has 2 aromatic rings. The Kier molecular flexibility index (Phi) is 4.60. The molecule has 0 unspecified atom stereocenters. The Morgan fingerprint density at radius 2 is 1.83 bits per heavy atom. The fraction of sp³-hybridized carbons (Fsp3) is 0.312. The lowest BCUT2D eigenvalue weighted by molar-refractivity contribution is 0.717. The van der Waals surface area contributed by atoms with Crippen LogP contribution in [0, 0.1) is 11.8 Å². The predicted molar refractivity (Wildman–Crippen MR) is 74.2 cm³/mol. The number of hydrogen-bond acceptors (Lipinski definition) is 1. The minimum atomic E-state index is 0.919. The van der Waals surface area contributed by atoms with Crippen molar-refractivity contribution in [1.29, 1.82) is 0 Å². The maximum Gasteiger partial charge on any atom is 0.0644 e. The van der Waals surface area contributed by atoms with Crippen molar-refractivity contribution in [3.63, 3.8) is 0 Å². The smallest absolute Gasteiger partial charge is 0.0644 e. The third kappa shape index (κ3) is 3.78. The third-order valence-electron chi connectivity index (χ3n) is 2.87. The number of unbranched alkanes of at least 4 members (excludes halogenated alkanes) is 2. The first kappa shape index (κ1) is 12.4. The molecule has 2 heteroatoms. The topological polar surface area (TPSA) is 28.7 Å². The van der Waals surface area contributed by atoms with Crippen LogP contribution in [0.25, 0.3) is 0 Å². The van der Waals surface area contributed by atoms with E-state index < -0.39 is 0 Å². The number of hydrogen-bond donors (Lipinski definition) is 1. The first-order valence-corrected chi connectivity index (χ1v) is 6.48. The van der Waals surface area contributed by atoms with E-state index in [0.717, 1.165) is 11.1 Å². The van der Waals surface area contributed by atoms with Crippen LogP contribution in [-0.4, -0.2) is 10.2 Å². The fourth-order valence-corrected chi connectivity index (χ4v) is 1.80. The van der Waals surface area contributed by atoms with E-state index in [0.29, 0.717) is 0 Å². The molecule has 18 heavy (non-hydrogen) atoms. The molecule has 0 fully saturated rings. The quantitative estimate of drug-likeness (QED) is 0.640. The number of aromatic nitrogens is 2. The highest BCUT2D eigenvalue weighted by Crippen LogP contribution is 2.08. The van der Waals surface area contributed by atoms with E-state index in [4.69, 9.17) is 0 Å². The van der Waals surface area contributed by atoms with Crippen LogP contribution in [0.4, 0.5) is 0 Å². The summed E-state index contributed by atoms with van der Waals surface area (Å²) in [6.07, 6.45) is 8.55. The molecule has 0 saturated carbocycles. The number of H-pyrrole nitrogens is 1. The van der Waals surface area contributed by atoms with E-state index >= 15 is 0 Å². The molecule has 92 valence electrons. The number of aromatic amines is 1. The van der Waals surface area contributed by atoms with Crippen molar-refractivity contribution in [1.82, 2.24) is 10.2 Å². The molecular weight excluding hydrogens is 220 g/mol. The molecule has 2 nitrogen and oxygen atoms in total. The van der Waals surface area contributed by atoms with Gasteiger partial charge >= 0.3 is 0 Å². The van der Waals surface area contributed by atoms with Crippen molar-refractivity contribution in [2.75, 3.05) is 0 Å². The Hall–Kier alpha value is -2.01. The largest absolute Gasteiger partial charge is 0.284 e. The lowest BCUT2D eigenvalue weighted by atomic mass is 10.1. The Balaban J connectivity index is 1.95. The second-order valence-electron chi connectivity index (χ2n) is 4.39. The molecule has 2 rings (SSSR count). The van der Waals surface area contributed by atoms with Crippen molar-refractivity contribution < 1.29 is 0 Å². The minimum absolute atomic E-state index is 0.919. The van der Waals surface area contributed by atoms with E-state index in [1.54, 1.807) is 12.4 Å². The molecule has 1 heterocycles. The number of nitrogens with zero attached hydrogens (tertiary/aromatic N) is 1. The van der Waals surface area contributed by atoms with Crippen molar-refractivity contribution in [3.8, 4) is 11.8 Å². The highest BCUT2D eigenvalue weighted by atomic mass is 15.1. The van der Waals surface area contributed by atoms with Crippen LogP contribution in [0.3, 0.4) is 0 Å². The molecule has 0 radical (unpaired) electrons. The summed E-state index contributed by atoms with van der Waals surface area (Å²) in [5, 5.41) is 6.61. The van der Waals surface area contributed by atoms with Gasteiger partial charge in [-0.25, -0.2) is 0 Å². The summed E-state index contributed by atoms with van der Waals surface area (Å²) >= 11 is 0. The SMILES string of the molecule is CCCCCc1ccc(C#Cc2cn[nH]c2)cc1. The Labute approximate surface area is 108 Å².